The number of hydrogen-bond donors (Lipinski definition) is 0. The third-order valence-electron chi connectivity index (χ3n) is 5.59. The van der Waals surface area contributed by atoms with Crippen molar-refractivity contribution in [3.63, 3.8) is 0 Å². The van der Waals surface area contributed by atoms with Crippen molar-refractivity contribution in [3.05, 3.63) is 67.4 Å². The quantitative estimate of drug-likeness (QED) is 0.295. The molecule has 0 amide bonds. The Hall–Kier alpha value is -3.81. The maximum Gasteiger partial charge on any atom is 0.425 e. The standard InChI is InChI=1S/C21H17BN6O/c1-26-12-10-24-20-17(26)22-16-15(29-21-18(22)27(2)13-11-25-21)8-9-23-19(16)28(20)14-6-4-3-5-7-14/h3-13H,1-2H3/q+2. The maximum atomic E-state index is 6.22. The molecular weight excluding hydrogens is 363 g/mol. The van der Waals surface area contributed by atoms with Crippen LogP contribution in [0.3, 0.4) is 0 Å². The van der Waals surface area contributed by atoms with Gasteiger partial charge in [-0.05, 0) is 18.2 Å². The third-order valence-corrected chi connectivity index (χ3v) is 5.59. The predicted molar refractivity (Wildman–Crippen MR) is 108 cm³/mol. The lowest BCUT2D eigenvalue weighted by Gasteiger charge is -2.33. The summed E-state index contributed by atoms with van der Waals surface area (Å²) < 4.78 is 10.4. The molecule has 0 N–H and O–H groups in total. The van der Waals surface area contributed by atoms with Crippen LogP contribution in [0.15, 0.2) is 67.4 Å². The molecule has 0 fully saturated rings. The fourth-order valence-electron chi connectivity index (χ4n) is 4.33. The number of hydrogen-bond acceptors (Lipinski definition) is 5. The van der Waals surface area contributed by atoms with Crippen LogP contribution < -0.4 is 35.4 Å². The first kappa shape index (κ1) is 16.2. The van der Waals surface area contributed by atoms with Crippen molar-refractivity contribution in [1.29, 1.82) is 0 Å². The molecular formula is C21H17BN6O+2. The number of benzene rings is 1. The van der Waals surface area contributed by atoms with Gasteiger partial charge in [-0.1, -0.05) is 18.2 Å². The molecule has 0 saturated heterocycles. The molecule has 138 valence electrons. The van der Waals surface area contributed by atoms with E-state index in [2.05, 4.69) is 38.2 Å². The minimum atomic E-state index is -0.0789. The molecule has 2 aliphatic rings. The van der Waals surface area contributed by atoms with Crippen LogP contribution in [0.5, 0.6) is 11.6 Å². The monoisotopic (exact) mass is 380 g/mol. The minimum Gasteiger partial charge on any atom is -0.435 e. The van der Waals surface area contributed by atoms with Gasteiger partial charge in [0.15, 0.2) is 23.8 Å². The Morgan fingerprint density at radius 3 is 2.38 bits per heavy atom. The van der Waals surface area contributed by atoms with Gasteiger partial charge in [0.1, 0.15) is 25.7 Å². The SMILES string of the molecule is C[n+]1ccnc2c1B1c3c(ccnc3N(c3ccccc3)c3ncc[n+](C)c31)O2. The Morgan fingerprint density at radius 1 is 0.828 bits per heavy atom. The summed E-state index contributed by atoms with van der Waals surface area (Å²) in [6.45, 7) is -0.0789. The molecule has 0 atom stereocenters. The lowest BCUT2D eigenvalue weighted by Crippen LogP contribution is -2.74. The van der Waals surface area contributed by atoms with Crippen molar-refractivity contribution in [2.24, 2.45) is 14.1 Å². The summed E-state index contributed by atoms with van der Waals surface area (Å²) in [5, 5.41) is 0. The van der Waals surface area contributed by atoms with Crippen LogP contribution >= 0.6 is 0 Å². The molecule has 2 aliphatic heterocycles. The van der Waals surface area contributed by atoms with Gasteiger partial charge in [-0.2, -0.15) is 0 Å². The molecule has 8 heteroatoms. The Labute approximate surface area is 168 Å². The molecule has 0 bridgehead atoms. The predicted octanol–water partition coefficient (Wildman–Crippen LogP) is -0.0743. The van der Waals surface area contributed by atoms with E-state index in [-0.39, 0.29) is 6.71 Å². The Bertz CT molecular complexity index is 1260. The van der Waals surface area contributed by atoms with Crippen LogP contribution in [0.2, 0.25) is 0 Å². The first-order valence-corrected chi connectivity index (χ1v) is 9.45. The second-order valence-electron chi connectivity index (χ2n) is 7.23. The van der Waals surface area contributed by atoms with Gasteiger partial charge in [-0.15, -0.1) is 0 Å². The molecule has 7 nitrogen and oxygen atoms in total. The average Bonchev–Trinajstić information content (AvgIpc) is 2.74. The van der Waals surface area contributed by atoms with Crippen molar-refractivity contribution in [3.8, 4) is 11.6 Å². The average molecular weight is 380 g/mol. The molecule has 29 heavy (non-hydrogen) atoms. The second-order valence-corrected chi connectivity index (χ2v) is 7.23. The fourth-order valence-corrected chi connectivity index (χ4v) is 4.33. The van der Waals surface area contributed by atoms with Crippen LogP contribution in [0, 0.1) is 0 Å². The Morgan fingerprint density at radius 2 is 1.55 bits per heavy atom. The van der Waals surface area contributed by atoms with Gasteiger partial charge >= 0.3 is 6.71 Å². The molecule has 0 aliphatic carbocycles. The van der Waals surface area contributed by atoms with E-state index in [0.29, 0.717) is 5.88 Å². The Kier molecular flexibility index (Phi) is 3.26. The van der Waals surface area contributed by atoms with Gasteiger partial charge in [0.25, 0.3) is 5.88 Å². The zero-order valence-electron chi connectivity index (χ0n) is 16.0. The maximum absolute atomic E-state index is 6.22. The number of aromatic nitrogens is 5. The van der Waals surface area contributed by atoms with E-state index in [1.165, 1.54) is 0 Å². The van der Waals surface area contributed by atoms with Crippen LogP contribution in [-0.2, 0) is 14.1 Å². The summed E-state index contributed by atoms with van der Waals surface area (Å²) in [5.41, 5.74) is 4.11. The van der Waals surface area contributed by atoms with Crippen LogP contribution in [0.1, 0.15) is 0 Å². The third kappa shape index (κ3) is 2.17. The molecule has 5 heterocycles. The molecule has 6 rings (SSSR count). The number of para-hydroxylation sites is 1. The van der Waals surface area contributed by atoms with Crippen LogP contribution in [-0.4, -0.2) is 21.7 Å². The first-order chi connectivity index (χ1) is 14.2. The highest BCUT2D eigenvalue weighted by Gasteiger charge is 2.54. The normalized spacial score (nSPS) is 13.3. The number of aryl methyl sites for hydroxylation is 2. The van der Waals surface area contributed by atoms with Gasteiger partial charge in [-0.3, -0.25) is 4.90 Å². The van der Waals surface area contributed by atoms with Crippen molar-refractivity contribution in [2.45, 2.75) is 0 Å². The first-order valence-electron chi connectivity index (χ1n) is 9.45. The van der Waals surface area contributed by atoms with Crippen molar-refractivity contribution in [1.82, 2.24) is 15.0 Å². The van der Waals surface area contributed by atoms with Crippen molar-refractivity contribution < 1.29 is 13.9 Å². The summed E-state index contributed by atoms with van der Waals surface area (Å²) in [7, 11) is 4.07. The van der Waals surface area contributed by atoms with Crippen LogP contribution in [0.4, 0.5) is 17.3 Å². The number of pyridine rings is 1. The number of fused-ring (bicyclic) bond motifs is 4. The summed E-state index contributed by atoms with van der Waals surface area (Å²) in [6.07, 6.45) is 9.29. The van der Waals surface area contributed by atoms with E-state index in [0.717, 1.165) is 39.7 Å². The summed E-state index contributed by atoms with van der Waals surface area (Å²) in [4.78, 5) is 16.2. The molecule has 0 spiro atoms. The largest absolute Gasteiger partial charge is 0.435 e. The van der Waals surface area contributed by atoms with E-state index in [1.54, 1.807) is 12.4 Å². The van der Waals surface area contributed by atoms with Crippen molar-refractivity contribution in [2.75, 3.05) is 4.90 Å². The molecule has 4 aromatic rings. The minimum absolute atomic E-state index is 0.0789. The highest BCUT2D eigenvalue weighted by molar-refractivity contribution is 6.97. The molecule has 0 radical (unpaired) electrons. The molecule has 1 aromatic carbocycles. The number of anilines is 3. The fraction of sp³-hybridized carbons (Fsp3) is 0.0952. The second kappa shape index (κ2) is 5.84. The topological polar surface area (TPSA) is 58.9 Å². The summed E-state index contributed by atoms with van der Waals surface area (Å²) in [5.74, 6) is 3.09. The molecule has 0 saturated carbocycles. The van der Waals surface area contributed by atoms with Gasteiger partial charge < -0.3 is 4.74 Å². The highest BCUT2D eigenvalue weighted by Crippen LogP contribution is 2.36. The zero-order valence-corrected chi connectivity index (χ0v) is 16.0. The smallest absolute Gasteiger partial charge is 0.425 e. The van der Waals surface area contributed by atoms with E-state index in [9.17, 15) is 0 Å². The van der Waals surface area contributed by atoms with E-state index in [1.807, 2.05) is 49.9 Å². The van der Waals surface area contributed by atoms with Gasteiger partial charge in [0.2, 0.25) is 5.59 Å². The lowest BCUT2D eigenvalue weighted by molar-refractivity contribution is -0.659. The molecule has 0 unspecified atom stereocenters. The molecule has 3 aromatic heterocycles. The van der Waals surface area contributed by atoms with Crippen LogP contribution in [0.25, 0.3) is 0 Å². The summed E-state index contributed by atoms with van der Waals surface area (Å²) in [6, 6.07) is 12.1. The van der Waals surface area contributed by atoms with Crippen molar-refractivity contribution >= 4 is 40.7 Å². The van der Waals surface area contributed by atoms with E-state index < -0.39 is 0 Å². The summed E-state index contributed by atoms with van der Waals surface area (Å²) >= 11 is 0. The van der Waals surface area contributed by atoms with Gasteiger partial charge in [0.05, 0.1) is 12.4 Å². The lowest BCUT2D eigenvalue weighted by atomic mass is 9.38. The number of nitrogens with zero attached hydrogens (tertiary/aromatic N) is 6. The van der Waals surface area contributed by atoms with Gasteiger partial charge in [-0.25, -0.2) is 24.1 Å². The van der Waals surface area contributed by atoms with E-state index >= 15 is 0 Å². The van der Waals surface area contributed by atoms with E-state index in [4.69, 9.17) is 14.7 Å². The number of rotatable bonds is 1. The number of ether oxygens (including phenoxy) is 1. The van der Waals surface area contributed by atoms with Gasteiger partial charge in [0, 0.05) is 17.3 Å². The highest BCUT2D eigenvalue weighted by atomic mass is 16.5. The zero-order chi connectivity index (χ0) is 19.5. The Balaban J connectivity index is 1.74.